The lowest BCUT2D eigenvalue weighted by Gasteiger charge is -2.51. The third-order valence-electron chi connectivity index (χ3n) is 10.9. The van der Waals surface area contributed by atoms with Gasteiger partial charge in [0.15, 0.2) is 11.5 Å². The highest BCUT2D eigenvalue weighted by Gasteiger charge is 2.58. The molecule has 2 atom stereocenters. The molecule has 13 rings (SSSR count). The number of benzene rings is 7. The van der Waals surface area contributed by atoms with Crippen LogP contribution in [0.3, 0.4) is 0 Å². The van der Waals surface area contributed by atoms with E-state index in [9.17, 15) is 0 Å². The molecule has 6 aliphatic heterocycles. The van der Waals surface area contributed by atoms with Crippen LogP contribution in [0.4, 0.5) is 34.1 Å². The molecule has 0 aromatic heterocycles. The Morgan fingerprint density at radius 1 is 0.346 bits per heavy atom. The van der Waals surface area contributed by atoms with E-state index >= 15 is 0 Å². The van der Waals surface area contributed by atoms with Crippen LogP contribution in [0.2, 0.25) is 0 Å². The Bertz CT molecular complexity index is 2750. The molecule has 0 saturated carbocycles. The molecule has 0 radical (unpaired) electrons. The van der Waals surface area contributed by atoms with Crippen molar-refractivity contribution in [3.05, 3.63) is 133 Å². The molecule has 246 valence electrons. The lowest BCUT2D eigenvalue weighted by atomic mass is 10.1. The van der Waals surface area contributed by atoms with Crippen LogP contribution in [0, 0.1) is 0 Å². The lowest BCUT2D eigenvalue weighted by Crippen LogP contribution is -2.48. The first kappa shape index (κ1) is 28.3. The minimum atomic E-state index is -2.84. The van der Waals surface area contributed by atoms with Gasteiger partial charge in [0, 0.05) is 11.4 Å². The molecule has 6 nitrogen and oxygen atoms in total. The summed E-state index contributed by atoms with van der Waals surface area (Å²) < 4.78 is 27.7. The quantitative estimate of drug-likeness (QED) is 0.163. The fraction of sp³-hybridized carbons (Fsp3) is 0. The van der Waals surface area contributed by atoms with Crippen molar-refractivity contribution < 1.29 is 18.9 Å². The molecule has 7 aromatic carbocycles. The molecule has 0 fully saturated rings. The van der Waals surface area contributed by atoms with Crippen LogP contribution in [-0.2, 0) is 23.6 Å². The number of rotatable bonds is 2. The van der Waals surface area contributed by atoms with E-state index in [1.807, 2.05) is 60.7 Å². The predicted octanol–water partition coefficient (Wildman–Crippen LogP) is 9.19. The van der Waals surface area contributed by atoms with Crippen molar-refractivity contribution in [1.82, 2.24) is 0 Å². The highest BCUT2D eigenvalue weighted by atomic mass is 32.4. The third-order valence-corrected chi connectivity index (χ3v) is 20.6. The van der Waals surface area contributed by atoms with Gasteiger partial charge < -0.3 is 28.7 Å². The van der Waals surface area contributed by atoms with Crippen molar-refractivity contribution in [2.24, 2.45) is 0 Å². The summed E-state index contributed by atoms with van der Waals surface area (Å²) in [6, 6.07) is 39.9. The Kier molecular flexibility index (Phi) is 5.08. The summed E-state index contributed by atoms with van der Waals surface area (Å²) in [6.45, 7) is 0. The van der Waals surface area contributed by atoms with Crippen molar-refractivity contribution in [2.45, 2.75) is 0 Å². The summed E-state index contributed by atoms with van der Waals surface area (Å²) in [5.41, 5.74) is 5.92. The first-order valence-electron chi connectivity index (χ1n) is 17.0. The lowest BCUT2D eigenvalue weighted by molar-refractivity contribution is 0.419. The standard InChI is InChI=1S/C42H22N2O4P2S2/c51-49-37-25-15-7-17-27(37)45-29-19-9-21-31(39(29)49)47-35-36-42-34(33(41(35)49)43(25)23-11-3-1-4-12-23)44(24-13-5-2-6-14-24)26-16-8-18-28-38(26)50(42,52)40-30(46-28)20-10-22-32(40)48-36/h1-22H. The van der Waals surface area contributed by atoms with E-state index in [1.165, 1.54) is 0 Å². The predicted molar refractivity (Wildman–Crippen MR) is 215 cm³/mol. The maximum Gasteiger partial charge on any atom is 0.182 e. The highest BCUT2D eigenvalue weighted by Crippen LogP contribution is 2.73. The Morgan fingerprint density at radius 2 is 0.692 bits per heavy atom. The number of hydrogen-bond acceptors (Lipinski definition) is 8. The van der Waals surface area contributed by atoms with E-state index in [1.54, 1.807) is 0 Å². The van der Waals surface area contributed by atoms with E-state index in [4.69, 9.17) is 42.6 Å². The summed E-state index contributed by atoms with van der Waals surface area (Å²) in [5, 5.41) is 5.84. The third kappa shape index (κ3) is 3.06. The normalized spacial score (nSPS) is 20.4. The van der Waals surface area contributed by atoms with Crippen molar-refractivity contribution in [2.75, 3.05) is 9.80 Å². The van der Waals surface area contributed by atoms with Gasteiger partial charge in [0.05, 0.1) is 66.7 Å². The number of nitrogens with zero attached hydrogens (tertiary/aromatic N) is 2. The summed E-state index contributed by atoms with van der Waals surface area (Å²) in [5.74, 6) is 5.72. The average molecular weight is 745 g/mol. The van der Waals surface area contributed by atoms with Gasteiger partial charge in [0.2, 0.25) is 0 Å². The topological polar surface area (TPSA) is 43.4 Å². The summed E-state index contributed by atoms with van der Waals surface area (Å²) >= 11 is 14.5. The average Bonchev–Trinajstić information content (AvgIpc) is 3.16. The van der Waals surface area contributed by atoms with Gasteiger partial charge in [-0.25, -0.2) is 0 Å². The van der Waals surface area contributed by atoms with Crippen molar-refractivity contribution in [3.63, 3.8) is 0 Å². The number of hydrogen-bond donors (Lipinski definition) is 0. The Labute approximate surface area is 308 Å². The van der Waals surface area contributed by atoms with E-state index in [0.717, 1.165) is 88.9 Å². The van der Waals surface area contributed by atoms with Gasteiger partial charge in [-0.15, -0.1) is 0 Å². The first-order chi connectivity index (χ1) is 25.6. The van der Waals surface area contributed by atoms with Gasteiger partial charge in [-0.1, -0.05) is 84.3 Å². The minimum Gasteiger partial charge on any atom is -0.456 e. The van der Waals surface area contributed by atoms with E-state index < -0.39 is 12.1 Å². The molecule has 0 aliphatic carbocycles. The number of ether oxygens (including phenoxy) is 4. The SMILES string of the molecule is S=P12c3c4cccc3Oc3c5c6c(c(c31)N(c1ccccc1)c1cccc(c12)O4)N(c1ccccc1)c1cccc2c1P6(=S)c1c(cccc1O5)O2. The van der Waals surface area contributed by atoms with Crippen molar-refractivity contribution in [1.29, 1.82) is 0 Å². The molecule has 2 unspecified atom stereocenters. The van der Waals surface area contributed by atoms with Crippen molar-refractivity contribution in [3.8, 4) is 46.0 Å². The number of anilines is 6. The van der Waals surface area contributed by atoms with Gasteiger partial charge in [-0.3, -0.25) is 0 Å². The van der Waals surface area contributed by atoms with Crippen LogP contribution in [-0.4, -0.2) is 0 Å². The molecular formula is C42H22N2O4P2S2. The van der Waals surface area contributed by atoms with Gasteiger partial charge in [0.25, 0.3) is 0 Å². The van der Waals surface area contributed by atoms with Crippen LogP contribution >= 0.6 is 12.1 Å². The maximum atomic E-state index is 7.23. The van der Waals surface area contributed by atoms with E-state index in [0.29, 0.717) is 23.0 Å². The summed E-state index contributed by atoms with van der Waals surface area (Å²) in [4.78, 5) is 4.72. The molecule has 0 amide bonds. The Balaban J connectivity index is 1.30. The zero-order chi connectivity index (χ0) is 34.1. The first-order valence-corrected chi connectivity index (χ1v) is 22.6. The second-order valence-electron chi connectivity index (χ2n) is 13.5. The van der Waals surface area contributed by atoms with Crippen LogP contribution in [0.5, 0.6) is 46.0 Å². The zero-order valence-electron chi connectivity index (χ0n) is 26.9. The van der Waals surface area contributed by atoms with E-state index in [-0.39, 0.29) is 0 Å². The Hall–Kier alpha value is -5.36. The molecule has 10 heteroatoms. The maximum absolute atomic E-state index is 7.23. The second kappa shape index (κ2) is 9.35. The molecule has 52 heavy (non-hydrogen) atoms. The molecule has 0 N–H and O–H groups in total. The Morgan fingerprint density at radius 3 is 1.10 bits per heavy atom. The second-order valence-corrected chi connectivity index (χ2v) is 21.9. The van der Waals surface area contributed by atoms with Crippen LogP contribution in [0.1, 0.15) is 0 Å². The molecule has 7 aromatic rings. The number of fused-ring (bicyclic) bond motifs is 2. The minimum absolute atomic E-state index is 0.644. The van der Waals surface area contributed by atoms with Gasteiger partial charge in [-0.05, 0) is 72.8 Å². The van der Waals surface area contributed by atoms with Gasteiger partial charge >= 0.3 is 0 Å². The fourth-order valence-corrected chi connectivity index (χ4v) is 19.0. The number of para-hydroxylation sites is 2. The summed E-state index contributed by atoms with van der Waals surface area (Å²) in [7, 11) is 0. The van der Waals surface area contributed by atoms with Gasteiger partial charge in [-0.2, -0.15) is 0 Å². The molecule has 0 saturated heterocycles. The van der Waals surface area contributed by atoms with Crippen LogP contribution in [0.15, 0.2) is 133 Å². The molecule has 6 heterocycles. The molecule has 0 bridgehead atoms. The van der Waals surface area contributed by atoms with Crippen LogP contribution in [0.25, 0.3) is 0 Å². The zero-order valence-corrected chi connectivity index (χ0v) is 30.4. The highest BCUT2D eigenvalue weighted by molar-refractivity contribution is 8.27. The van der Waals surface area contributed by atoms with Gasteiger partial charge in [0.1, 0.15) is 34.5 Å². The smallest absolute Gasteiger partial charge is 0.182 e. The molecular weight excluding hydrogens is 723 g/mol. The largest absolute Gasteiger partial charge is 0.456 e. The summed E-state index contributed by atoms with van der Waals surface area (Å²) in [6.07, 6.45) is 0. The van der Waals surface area contributed by atoms with Crippen molar-refractivity contribution >= 4 is 102 Å². The fourth-order valence-electron chi connectivity index (χ4n) is 9.05. The monoisotopic (exact) mass is 744 g/mol. The van der Waals surface area contributed by atoms with E-state index in [2.05, 4.69) is 82.6 Å². The molecule has 6 aliphatic rings. The molecule has 0 spiro atoms. The van der Waals surface area contributed by atoms with Crippen LogP contribution < -0.4 is 60.6 Å².